The van der Waals surface area contributed by atoms with E-state index in [-0.39, 0.29) is 51.4 Å². The van der Waals surface area contributed by atoms with Gasteiger partial charge in [0, 0.05) is 0 Å². The molecule has 17 heavy (non-hydrogen) atoms. The number of carbonyl (C=O) groups is 2. The molecule has 4 nitrogen and oxygen atoms in total. The molecule has 0 unspecified atom stereocenters. The minimum Gasteiger partial charge on any atom is -0.481 e. The van der Waals surface area contributed by atoms with E-state index in [0.29, 0.717) is 0 Å². The molecule has 0 heterocycles. The van der Waals surface area contributed by atoms with Gasteiger partial charge in [-0.3, -0.25) is 9.59 Å². The minimum absolute atomic E-state index is 0. The van der Waals surface area contributed by atoms with Crippen molar-refractivity contribution in [2.45, 2.75) is 52.4 Å². The molecule has 0 aromatic heterocycles. The maximum Gasteiger partial charge on any atom is 1.00 e. The van der Waals surface area contributed by atoms with Crippen molar-refractivity contribution in [2.75, 3.05) is 0 Å². The van der Waals surface area contributed by atoms with Gasteiger partial charge in [-0.2, -0.15) is 19.8 Å². The Balaban J connectivity index is 0. The molecule has 1 rings (SSSR count). The second-order valence-corrected chi connectivity index (χ2v) is 4.38. The average molecular weight is 268 g/mol. The molecule has 94 valence electrons. The number of carboxylic acids is 2. The van der Waals surface area contributed by atoms with Gasteiger partial charge in [0.1, 0.15) is 6.42 Å². The number of hydrogen-bond donors (Lipinski definition) is 2. The van der Waals surface area contributed by atoms with Crippen LogP contribution in [0.25, 0.3) is 0 Å². The molecule has 0 bridgehead atoms. The molecule has 0 aliphatic heterocycles. The van der Waals surface area contributed by atoms with Crippen molar-refractivity contribution >= 4 is 11.9 Å². The van der Waals surface area contributed by atoms with Gasteiger partial charge in [0.15, 0.2) is 0 Å². The van der Waals surface area contributed by atoms with Crippen molar-refractivity contribution < 1.29 is 71.2 Å². The summed E-state index contributed by atoms with van der Waals surface area (Å²) in [5.41, 5.74) is 0. The van der Waals surface area contributed by atoms with Crippen molar-refractivity contribution in [1.82, 2.24) is 0 Å². The van der Waals surface area contributed by atoms with E-state index >= 15 is 0 Å². The van der Waals surface area contributed by atoms with E-state index in [4.69, 9.17) is 10.2 Å². The second-order valence-electron chi connectivity index (χ2n) is 4.38. The standard InChI is InChI=1S/C9H17.C3H4O4.K/c1-8(2)9-6-4-3-5-7-9;4-2(5)1-3(6)7;/h9H,3-7H2,1-2H3;1H2,(H,4,5)(H,6,7);/q-1;;+1. The maximum atomic E-state index is 9.43. The molecular weight excluding hydrogens is 247 g/mol. The Bertz CT molecular complexity index is 211. The van der Waals surface area contributed by atoms with E-state index in [0.717, 1.165) is 5.92 Å². The van der Waals surface area contributed by atoms with Gasteiger partial charge in [0.05, 0.1) is 0 Å². The first kappa shape index (κ1) is 19.9. The molecule has 0 spiro atoms. The molecule has 0 radical (unpaired) electrons. The fourth-order valence-corrected chi connectivity index (χ4v) is 1.81. The monoisotopic (exact) mass is 268 g/mol. The molecule has 1 saturated carbocycles. The van der Waals surface area contributed by atoms with Gasteiger partial charge in [-0.25, -0.2) is 0 Å². The van der Waals surface area contributed by atoms with Crippen LogP contribution < -0.4 is 51.4 Å². The Kier molecular flexibility index (Phi) is 13.6. The first-order chi connectivity index (χ1) is 7.43. The van der Waals surface area contributed by atoms with E-state index < -0.39 is 18.4 Å². The topological polar surface area (TPSA) is 74.6 Å². The largest absolute Gasteiger partial charge is 1.00 e. The van der Waals surface area contributed by atoms with Crippen molar-refractivity contribution in [3.05, 3.63) is 5.92 Å². The molecule has 0 atom stereocenters. The zero-order chi connectivity index (χ0) is 12.6. The van der Waals surface area contributed by atoms with Crippen LogP contribution in [0.15, 0.2) is 0 Å². The summed E-state index contributed by atoms with van der Waals surface area (Å²) in [6, 6.07) is 0. The Labute approximate surface area is 146 Å². The molecule has 1 fully saturated rings. The fourth-order valence-electron chi connectivity index (χ4n) is 1.81. The molecule has 0 saturated heterocycles. The summed E-state index contributed by atoms with van der Waals surface area (Å²) in [7, 11) is 0. The summed E-state index contributed by atoms with van der Waals surface area (Å²) >= 11 is 0. The number of rotatable bonds is 3. The third-order valence-electron chi connectivity index (χ3n) is 2.72. The molecule has 1 aliphatic carbocycles. The van der Waals surface area contributed by atoms with Gasteiger partial charge in [-0.05, 0) is 0 Å². The normalized spacial score (nSPS) is 15.5. The predicted molar refractivity (Wildman–Crippen MR) is 61.1 cm³/mol. The zero-order valence-corrected chi connectivity index (χ0v) is 14.2. The Hall–Kier alpha value is 0.576. The quantitative estimate of drug-likeness (QED) is 0.420. The van der Waals surface area contributed by atoms with Crippen molar-refractivity contribution in [1.29, 1.82) is 0 Å². The fraction of sp³-hybridized carbons (Fsp3) is 0.750. The van der Waals surface area contributed by atoms with Gasteiger partial charge in [-0.15, -0.1) is 0 Å². The van der Waals surface area contributed by atoms with Gasteiger partial charge in [0.2, 0.25) is 0 Å². The number of carboxylic acid groups (broad SMARTS) is 2. The molecule has 1 aliphatic rings. The number of hydrogen-bond acceptors (Lipinski definition) is 2. The molecule has 0 aromatic carbocycles. The van der Waals surface area contributed by atoms with E-state index in [1.54, 1.807) is 5.92 Å². The molecule has 2 N–H and O–H groups in total. The predicted octanol–water partition coefficient (Wildman–Crippen LogP) is -0.269. The minimum atomic E-state index is -1.31. The van der Waals surface area contributed by atoms with Gasteiger partial charge in [-0.1, -0.05) is 32.1 Å². The first-order valence-electron chi connectivity index (χ1n) is 5.67. The Morgan fingerprint density at radius 1 is 1.06 bits per heavy atom. The van der Waals surface area contributed by atoms with Crippen LogP contribution in [0.4, 0.5) is 0 Å². The average Bonchev–Trinajstić information content (AvgIpc) is 2.17. The van der Waals surface area contributed by atoms with Crippen molar-refractivity contribution in [2.24, 2.45) is 5.92 Å². The van der Waals surface area contributed by atoms with Crippen LogP contribution in [0.2, 0.25) is 0 Å². The summed E-state index contributed by atoms with van der Waals surface area (Å²) in [6.45, 7) is 4.55. The van der Waals surface area contributed by atoms with Gasteiger partial charge >= 0.3 is 63.3 Å². The van der Waals surface area contributed by atoms with Crippen LogP contribution in [-0.2, 0) is 9.59 Å². The van der Waals surface area contributed by atoms with Crippen LogP contribution in [0.1, 0.15) is 52.4 Å². The van der Waals surface area contributed by atoms with E-state index in [9.17, 15) is 9.59 Å². The third-order valence-corrected chi connectivity index (χ3v) is 2.72. The third kappa shape index (κ3) is 12.8. The van der Waals surface area contributed by atoms with E-state index in [1.807, 2.05) is 0 Å². The SMILES string of the molecule is C[C-](C)C1CCCCC1.O=C(O)CC(=O)O.[K+]. The second kappa shape index (κ2) is 11.7. The van der Waals surface area contributed by atoms with E-state index in [1.165, 1.54) is 32.1 Å². The van der Waals surface area contributed by atoms with E-state index in [2.05, 4.69) is 13.8 Å². The van der Waals surface area contributed by atoms with Crippen molar-refractivity contribution in [3.8, 4) is 0 Å². The van der Waals surface area contributed by atoms with Gasteiger partial charge in [0.25, 0.3) is 0 Å². The Morgan fingerprint density at radius 3 is 1.65 bits per heavy atom. The number of aliphatic carboxylic acids is 2. The van der Waals surface area contributed by atoms with Crippen molar-refractivity contribution in [3.63, 3.8) is 0 Å². The molecule has 5 heteroatoms. The van der Waals surface area contributed by atoms with Crippen LogP contribution in [0.3, 0.4) is 0 Å². The summed E-state index contributed by atoms with van der Waals surface area (Å²) in [5.74, 6) is -0.00606. The molecule has 0 aromatic rings. The maximum absolute atomic E-state index is 9.43. The first-order valence-corrected chi connectivity index (χ1v) is 5.67. The zero-order valence-electron chi connectivity index (χ0n) is 11.0. The van der Waals surface area contributed by atoms with Crippen LogP contribution >= 0.6 is 0 Å². The Morgan fingerprint density at radius 2 is 1.47 bits per heavy atom. The van der Waals surface area contributed by atoms with Gasteiger partial charge < -0.3 is 16.1 Å². The molecule has 0 amide bonds. The van der Waals surface area contributed by atoms with Crippen LogP contribution in [0.5, 0.6) is 0 Å². The smallest absolute Gasteiger partial charge is 0.481 e. The van der Waals surface area contributed by atoms with Crippen LogP contribution in [0, 0.1) is 11.8 Å². The molecular formula is C12H21KO4. The summed E-state index contributed by atoms with van der Waals surface area (Å²) in [6.07, 6.45) is 6.53. The summed E-state index contributed by atoms with van der Waals surface area (Å²) in [5, 5.41) is 15.4. The van der Waals surface area contributed by atoms with Crippen LogP contribution in [-0.4, -0.2) is 22.2 Å². The summed E-state index contributed by atoms with van der Waals surface area (Å²) in [4.78, 5) is 18.9. The summed E-state index contributed by atoms with van der Waals surface area (Å²) < 4.78 is 0.